The highest BCUT2D eigenvalue weighted by Crippen LogP contribution is 2.03. The van der Waals surface area contributed by atoms with E-state index in [1.165, 1.54) is 5.75 Å². The van der Waals surface area contributed by atoms with Gasteiger partial charge in [-0.3, -0.25) is 4.79 Å². The molecule has 0 aromatic rings. The molecule has 0 aromatic carbocycles. The molecule has 0 radical (unpaired) electrons. The van der Waals surface area contributed by atoms with Crippen LogP contribution >= 0.6 is 11.8 Å². The molecule has 90 valence electrons. The number of nitrogens with one attached hydrogen (secondary N) is 2. The molecule has 0 spiro atoms. The Bertz CT molecular complexity index is 174. The van der Waals surface area contributed by atoms with Crippen LogP contribution in [0.25, 0.3) is 0 Å². The van der Waals surface area contributed by atoms with Crippen molar-refractivity contribution in [3.8, 4) is 0 Å². The molecule has 0 heterocycles. The Kier molecular flexibility index (Phi) is 8.91. The van der Waals surface area contributed by atoms with E-state index in [2.05, 4.69) is 24.5 Å². The summed E-state index contributed by atoms with van der Waals surface area (Å²) in [4.78, 5) is 11.3. The Morgan fingerprint density at radius 1 is 1.33 bits per heavy atom. The Balaban J connectivity index is 3.44. The monoisotopic (exact) mass is 232 g/mol. The zero-order valence-corrected chi connectivity index (χ0v) is 11.1. The summed E-state index contributed by atoms with van der Waals surface area (Å²) in [5.74, 6) is 2.41. The first-order valence-electron chi connectivity index (χ1n) is 5.66. The van der Waals surface area contributed by atoms with Crippen molar-refractivity contribution in [2.45, 2.75) is 46.2 Å². The van der Waals surface area contributed by atoms with Gasteiger partial charge in [0.05, 0.1) is 6.54 Å². The fraction of sp³-hybridized carbons (Fsp3) is 0.909. The Morgan fingerprint density at radius 2 is 2.00 bits per heavy atom. The van der Waals surface area contributed by atoms with E-state index >= 15 is 0 Å². The van der Waals surface area contributed by atoms with Crippen LogP contribution in [0.3, 0.4) is 0 Å². The van der Waals surface area contributed by atoms with Crippen LogP contribution in [0.15, 0.2) is 0 Å². The highest BCUT2D eigenvalue weighted by Gasteiger charge is 2.05. The molecule has 0 aliphatic rings. The van der Waals surface area contributed by atoms with Crippen molar-refractivity contribution in [1.29, 1.82) is 0 Å². The SMILES string of the molecule is CCSCCC(C)NCC(=O)NC(C)C. The summed E-state index contributed by atoms with van der Waals surface area (Å²) in [6.07, 6.45) is 1.12. The summed E-state index contributed by atoms with van der Waals surface area (Å²) in [5, 5.41) is 6.08. The van der Waals surface area contributed by atoms with Crippen LogP contribution in [-0.4, -0.2) is 36.0 Å². The fourth-order valence-electron chi connectivity index (χ4n) is 1.15. The summed E-state index contributed by atoms with van der Waals surface area (Å²) < 4.78 is 0. The smallest absolute Gasteiger partial charge is 0.234 e. The first kappa shape index (κ1) is 14.8. The minimum Gasteiger partial charge on any atom is -0.353 e. The molecule has 1 atom stereocenters. The highest BCUT2D eigenvalue weighted by atomic mass is 32.2. The lowest BCUT2D eigenvalue weighted by molar-refractivity contribution is -0.120. The van der Waals surface area contributed by atoms with Crippen LogP contribution in [0.1, 0.15) is 34.1 Å². The van der Waals surface area contributed by atoms with Gasteiger partial charge in [0, 0.05) is 12.1 Å². The van der Waals surface area contributed by atoms with Crippen LogP contribution in [-0.2, 0) is 4.79 Å². The Labute approximate surface area is 97.8 Å². The van der Waals surface area contributed by atoms with Gasteiger partial charge < -0.3 is 10.6 Å². The number of hydrogen-bond donors (Lipinski definition) is 2. The van der Waals surface area contributed by atoms with E-state index in [4.69, 9.17) is 0 Å². The minimum atomic E-state index is 0.0833. The van der Waals surface area contributed by atoms with E-state index in [0.717, 1.165) is 12.2 Å². The highest BCUT2D eigenvalue weighted by molar-refractivity contribution is 7.99. The number of carbonyl (C=O) groups excluding carboxylic acids is 1. The molecular weight excluding hydrogens is 208 g/mol. The van der Waals surface area contributed by atoms with Gasteiger partial charge in [-0.15, -0.1) is 0 Å². The van der Waals surface area contributed by atoms with Crippen molar-refractivity contribution >= 4 is 17.7 Å². The van der Waals surface area contributed by atoms with Gasteiger partial charge in [-0.25, -0.2) is 0 Å². The lowest BCUT2D eigenvalue weighted by Gasteiger charge is -2.14. The standard InChI is InChI=1S/C11H24N2OS/c1-5-15-7-6-10(4)12-8-11(14)13-9(2)3/h9-10,12H,5-8H2,1-4H3,(H,13,14). The first-order chi connectivity index (χ1) is 7.06. The summed E-state index contributed by atoms with van der Waals surface area (Å²) in [5.41, 5.74) is 0. The maximum Gasteiger partial charge on any atom is 0.234 e. The van der Waals surface area contributed by atoms with Crippen molar-refractivity contribution in [2.24, 2.45) is 0 Å². The molecule has 0 aliphatic heterocycles. The zero-order chi connectivity index (χ0) is 11.7. The Morgan fingerprint density at radius 3 is 2.53 bits per heavy atom. The van der Waals surface area contributed by atoms with Gasteiger partial charge in [0.1, 0.15) is 0 Å². The molecule has 2 N–H and O–H groups in total. The predicted octanol–water partition coefficient (Wildman–Crippen LogP) is 1.63. The van der Waals surface area contributed by atoms with Gasteiger partial charge in [-0.05, 0) is 38.7 Å². The lowest BCUT2D eigenvalue weighted by atomic mass is 10.2. The minimum absolute atomic E-state index is 0.0833. The maximum absolute atomic E-state index is 11.3. The molecule has 1 unspecified atom stereocenters. The topological polar surface area (TPSA) is 41.1 Å². The maximum atomic E-state index is 11.3. The fourth-order valence-corrected chi connectivity index (χ4v) is 1.96. The van der Waals surface area contributed by atoms with Crippen LogP contribution in [0.4, 0.5) is 0 Å². The van der Waals surface area contributed by atoms with Crippen LogP contribution in [0, 0.1) is 0 Å². The van der Waals surface area contributed by atoms with Crippen LogP contribution < -0.4 is 10.6 Å². The molecule has 3 nitrogen and oxygen atoms in total. The number of carbonyl (C=O) groups is 1. The second-order valence-electron chi connectivity index (χ2n) is 3.99. The second-order valence-corrected chi connectivity index (χ2v) is 5.38. The van der Waals surface area contributed by atoms with E-state index in [9.17, 15) is 4.79 Å². The van der Waals surface area contributed by atoms with Gasteiger partial charge in [-0.1, -0.05) is 6.92 Å². The average Bonchev–Trinajstić information content (AvgIpc) is 2.14. The van der Waals surface area contributed by atoms with Crippen molar-refractivity contribution < 1.29 is 4.79 Å². The van der Waals surface area contributed by atoms with Gasteiger partial charge >= 0.3 is 0 Å². The normalized spacial score (nSPS) is 12.9. The van der Waals surface area contributed by atoms with Crippen molar-refractivity contribution in [3.05, 3.63) is 0 Å². The van der Waals surface area contributed by atoms with Gasteiger partial charge in [-0.2, -0.15) is 11.8 Å². The van der Waals surface area contributed by atoms with E-state index in [1.807, 2.05) is 25.6 Å². The second kappa shape index (κ2) is 9.04. The summed E-state index contributed by atoms with van der Waals surface area (Å²) in [6.45, 7) is 8.66. The lowest BCUT2D eigenvalue weighted by Crippen LogP contribution is -2.40. The number of thioether (sulfide) groups is 1. The average molecular weight is 232 g/mol. The number of amides is 1. The third-order valence-corrected chi connectivity index (χ3v) is 2.89. The summed E-state index contributed by atoms with van der Waals surface area (Å²) >= 11 is 1.94. The van der Waals surface area contributed by atoms with Crippen molar-refractivity contribution in [2.75, 3.05) is 18.1 Å². The molecule has 0 rings (SSSR count). The van der Waals surface area contributed by atoms with Gasteiger partial charge in [0.25, 0.3) is 0 Å². The number of rotatable bonds is 8. The Hall–Kier alpha value is -0.220. The summed E-state index contributed by atoms with van der Waals surface area (Å²) in [6, 6.07) is 0.646. The molecule has 0 fully saturated rings. The number of hydrogen-bond acceptors (Lipinski definition) is 3. The molecule has 0 bridgehead atoms. The molecule has 0 saturated heterocycles. The predicted molar refractivity (Wildman–Crippen MR) is 68.4 cm³/mol. The van der Waals surface area contributed by atoms with Gasteiger partial charge in [0.15, 0.2) is 0 Å². The van der Waals surface area contributed by atoms with Crippen LogP contribution in [0.2, 0.25) is 0 Å². The molecule has 0 saturated carbocycles. The third kappa shape index (κ3) is 10.1. The first-order valence-corrected chi connectivity index (χ1v) is 6.82. The third-order valence-electron chi connectivity index (χ3n) is 1.96. The van der Waals surface area contributed by atoms with E-state index in [1.54, 1.807) is 0 Å². The van der Waals surface area contributed by atoms with E-state index in [-0.39, 0.29) is 11.9 Å². The molecule has 1 amide bonds. The van der Waals surface area contributed by atoms with Crippen molar-refractivity contribution in [1.82, 2.24) is 10.6 Å². The molecule has 4 heteroatoms. The van der Waals surface area contributed by atoms with E-state index in [0.29, 0.717) is 12.6 Å². The molecule has 15 heavy (non-hydrogen) atoms. The molecule has 0 aromatic heterocycles. The molecule has 0 aliphatic carbocycles. The largest absolute Gasteiger partial charge is 0.353 e. The van der Waals surface area contributed by atoms with E-state index < -0.39 is 0 Å². The van der Waals surface area contributed by atoms with Crippen LogP contribution in [0.5, 0.6) is 0 Å². The van der Waals surface area contributed by atoms with Gasteiger partial charge in [0.2, 0.25) is 5.91 Å². The molecular formula is C11H24N2OS. The van der Waals surface area contributed by atoms with Crippen molar-refractivity contribution in [3.63, 3.8) is 0 Å². The quantitative estimate of drug-likeness (QED) is 0.625. The summed E-state index contributed by atoms with van der Waals surface area (Å²) in [7, 11) is 0. The zero-order valence-electron chi connectivity index (χ0n) is 10.3.